The van der Waals surface area contributed by atoms with Gasteiger partial charge in [-0.25, -0.2) is 14.4 Å². The molecule has 47 heavy (non-hydrogen) atoms. The van der Waals surface area contributed by atoms with Crippen molar-refractivity contribution in [3.05, 3.63) is 66.0 Å². The SMILES string of the molecule is CC1=NCC(C(=O)N2CC[C@H](Oc3ccc(-c4ncnc(Nc5ccc(N6CCN(C7COC7)CC6)cc5)n4)cc3C#N)[C@H](F)C2)=C1. The molecule has 0 aliphatic carbocycles. The van der Waals surface area contributed by atoms with Crippen LogP contribution in [0.2, 0.25) is 0 Å². The number of piperazine rings is 1. The number of aliphatic imine (C=N–C) groups is 1. The maximum Gasteiger partial charge on any atom is 0.251 e. The topological polar surface area (TPSA) is 132 Å². The molecule has 4 aliphatic heterocycles. The molecule has 1 aromatic heterocycles. The van der Waals surface area contributed by atoms with Crippen LogP contribution in [0.25, 0.3) is 11.4 Å². The average molecular weight is 638 g/mol. The Labute approximate surface area is 272 Å². The van der Waals surface area contributed by atoms with Gasteiger partial charge in [0.15, 0.2) is 12.0 Å². The zero-order valence-electron chi connectivity index (χ0n) is 26.2. The molecular formula is C34H36FN9O3. The van der Waals surface area contributed by atoms with Crippen LogP contribution in [-0.4, -0.2) is 114 Å². The van der Waals surface area contributed by atoms with Gasteiger partial charge in [0.2, 0.25) is 5.95 Å². The van der Waals surface area contributed by atoms with E-state index in [0.29, 0.717) is 48.5 Å². The van der Waals surface area contributed by atoms with Crippen LogP contribution in [0, 0.1) is 11.3 Å². The predicted octanol–water partition coefficient (Wildman–Crippen LogP) is 3.39. The summed E-state index contributed by atoms with van der Waals surface area (Å²) in [5.41, 5.74) is 4.23. The molecule has 0 radical (unpaired) electrons. The van der Waals surface area contributed by atoms with Crippen molar-refractivity contribution in [1.29, 1.82) is 5.26 Å². The van der Waals surface area contributed by atoms with Crippen LogP contribution in [-0.2, 0) is 9.53 Å². The van der Waals surface area contributed by atoms with Gasteiger partial charge in [0.25, 0.3) is 5.91 Å². The van der Waals surface area contributed by atoms with Gasteiger partial charge in [-0.3, -0.25) is 14.7 Å². The summed E-state index contributed by atoms with van der Waals surface area (Å²) in [6, 6.07) is 15.9. The van der Waals surface area contributed by atoms with Gasteiger partial charge in [0.1, 0.15) is 24.3 Å². The molecule has 7 rings (SSSR count). The van der Waals surface area contributed by atoms with Gasteiger partial charge in [-0.15, -0.1) is 0 Å². The molecule has 13 heteroatoms. The van der Waals surface area contributed by atoms with Gasteiger partial charge in [-0.2, -0.15) is 10.2 Å². The van der Waals surface area contributed by atoms with E-state index in [1.54, 1.807) is 24.3 Å². The van der Waals surface area contributed by atoms with Crippen LogP contribution in [0.4, 0.5) is 21.7 Å². The highest BCUT2D eigenvalue weighted by atomic mass is 19.1. The number of rotatable bonds is 8. The van der Waals surface area contributed by atoms with Gasteiger partial charge in [-0.1, -0.05) is 0 Å². The number of ether oxygens (including phenoxy) is 2. The summed E-state index contributed by atoms with van der Waals surface area (Å²) in [6.45, 7) is 8.19. The van der Waals surface area contributed by atoms with Crippen molar-refractivity contribution >= 4 is 28.9 Å². The Morgan fingerprint density at radius 3 is 2.57 bits per heavy atom. The van der Waals surface area contributed by atoms with E-state index in [1.165, 1.54) is 16.9 Å². The number of aromatic nitrogens is 3. The third-order valence-corrected chi connectivity index (χ3v) is 9.07. The monoisotopic (exact) mass is 637 g/mol. The van der Waals surface area contributed by atoms with Crippen molar-refractivity contribution in [3.63, 3.8) is 0 Å². The number of allylic oxidation sites excluding steroid dienone is 1. The van der Waals surface area contributed by atoms with Crippen molar-refractivity contribution in [2.45, 2.75) is 31.7 Å². The fraction of sp³-hybridized carbons (Fsp3) is 0.412. The molecule has 12 nitrogen and oxygen atoms in total. The number of alkyl halides is 1. The Bertz CT molecular complexity index is 1730. The largest absolute Gasteiger partial charge is 0.486 e. The maximum atomic E-state index is 15.2. The van der Waals surface area contributed by atoms with Gasteiger partial charge in [0, 0.05) is 67.4 Å². The number of piperidine rings is 1. The van der Waals surface area contributed by atoms with Crippen LogP contribution in [0.3, 0.4) is 0 Å². The van der Waals surface area contributed by atoms with Gasteiger partial charge < -0.3 is 24.6 Å². The summed E-state index contributed by atoms with van der Waals surface area (Å²) >= 11 is 0. The normalized spacial score (nSPS) is 21.8. The lowest BCUT2D eigenvalue weighted by atomic mass is 10.0. The molecule has 3 saturated heterocycles. The van der Waals surface area contributed by atoms with Crippen molar-refractivity contribution in [1.82, 2.24) is 24.8 Å². The Balaban J connectivity index is 0.960. The van der Waals surface area contributed by atoms with Crippen molar-refractivity contribution in [3.8, 4) is 23.2 Å². The number of nitrogens with zero attached hydrogens (tertiary/aromatic N) is 8. The molecule has 1 amide bonds. The predicted molar refractivity (Wildman–Crippen MR) is 175 cm³/mol. The average Bonchev–Trinajstić information content (AvgIpc) is 3.51. The third kappa shape index (κ3) is 6.79. The molecule has 0 unspecified atom stereocenters. The fourth-order valence-corrected chi connectivity index (χ4v) is 6.27. The molecule has 0 saturated carbocycles. The highest BCUT2D eigenvalue weighted by Crippen LogP contribution is 2.29. The van der Waals surface area contributed by atoms with Gasteiger partial charge in [0.05, 0.1) is 37.9 Å². The Morgan fingerprint density at radius 1 is 1.09 bits per heavy atom. The molecule has 3 fully saturated rings. The minimum Gasteiger partial charge on any atom is -0.486 e. The molecule has 2 aromatic carbocycles. The lowest BCUT2D eigenvalue weighted by Crippen LogP contribution is -2.56. The second-order valence-corrected chi connectivity index (χ2v) is 12.2. The van der Waals surface area contributed by atoms with Crippen molar-refractivity contribution in [2.75, 3.05) is 69.2 Å². The van der Waals surface area contributed by atoms with E-state index < -0.39 is 12.3 Å². The number of hydrogen-bond donors (Lipinski definition) is 1. The van der Waals surface area contributed by atoms with E-state index in [9.17, 15) is 10.1 Å². The molecular weight excluding hydrogens is 601 g/mol. The first-order valence-corrected chi connectivity index (χ1v) is 15.9. The molecule has 3 aromatic rings. The van der Waals surface area contributed by atoms with E-state index in [1.807, 2.05) is 19.1 Å². The number of hydrogen-bond acceptors (Lipinski definition) is 11. The zero-order chi connectivity index (χ0) is 32.3. The highest BCUT2D eigenvalue weighted by Gasteiger charge is 2.35. The minimum atomic E-state index is -1.40. The van der Waals surface area contributed by atoms with E-state index in [4.69, 9.17) is 9.47 Å². The molecule has 0 bridgehead atoms. The maximum absolute atomic E-state index is 15.2. The molecule has 2 atom stereocenters. The van der Waals surface area contributed by atoms with Crippen LogP contribution < -0.4 is 15.0 Å². The van der Waals surface area contributed by atoms with Crippen LogP contribution >= 0.6 is 0 Å². The second-order valence-electron chi connectivity index (χ2n) is 12.2. The second kappa shape index (κ2) is 13.4. The lowest BCUT2D eigenvalue weighted by Gasteiger charge is -2.43. The summed E-state index contributed by atoms with van der Waals surface area (Å²) in [6.07, 6.45) is 1.30. The number of nitriles is 1. The summed E-state index contributed by atoms with van der Waals surface area (Å²) < 4.78 is 26.5. The molecule has 0 spiro atoms. The fourth-order valence-electron chi connectivity index (χ4n) is 6.27. The number of carbonyl (C=O) groups is 1. The van der Waals surface area contributed by atoms with E-state index in [0.717, 1.165) is 50.8 Å². The number of halogens is 1. The number of amides is 1. The first-order chi connectivity index (χ1) is 22.9. The molecule has 4 aliphatic rings. The quantitative estimate of drug-likeness (QED) is 0.392. The molecule has 242 valence electrons. The van der Waals surface area contributed by atoms with E-state index in [-0.39, 0.29) is 23.8 Å². The minimum absolute atomic E-state index is 0.0726. The smallest absolute Gasteiger partial charge is 0.251 e. The lowest BCUT2D eigenvalue weighted by molar-refractivity contribution is -0.130. The van der Waals surface area contributed by atoms with Gasteiger partial charge >= 0.3 is 0 Å². The Hall–Kier alpha value is -4.93. The summed E-state index contributed by atoms with van der Waals surface area (Å²) in [5.74, 6) is 0.834. The van der Waals surface area contributed by atoms with E-state index >= 15 is 4.39 Å². The molecule has 5 heterocycles. The highest BCUT2D eigenvalue weighted by molar-refractivity contribution is 6.06. The van der Waals surface area contributed by atoms with Crippen LogP contribution in [0.1, 0.15) is 18.9 Å². The number of likely N-dealkylation sites (tertiary alicyclic amines) is 1. The number of nitrogens with one attached hydrogen (secondary N) is 1. The van der Waals surface area contributed by atoms with Gasteiger partial charge in [-0.05, 0) is 55.5 Å². The Morgan fingerprint density at radius 2 is 1.89 bits per heavy atom. The summed E-state index contributed by atoms with van der Waals surface area (Å²) in [4.78, 5) is 36.6. The number of carbonyl (C=O) groups excluding carboxylic acids is 1. The summed E-state index contributed by atoms with van der Waals surface area (Å²) in [7, 11) is 0. The standard InChI is InChI=1S/C34H36FN9O3/c1-22-14-25(17-37-22)33(45)44-9-8-31(29(35)18-44)47-30-7-2-23(15-24(30)16-36)32-38-21-39-34(41-32)40-26-3-5-27(6-4-26)42-10-12-43(13-11-42)28-19-46-20-28/h2-7,14-15,21,28-29,31H,8-13,17-20H2,1H3,(H,38,39,40,41)/t29-,31+/m1/s1. The van der Waals surface area contributed by atoms with Crippen LogP contribution in [0.5, 0.6) is 5.75 Å². The zero-order valence-corrected chi connectivity index (χ0v) is 26.2. The first kappa shape index (κ1) is 30.7. The van der Waals surface area contributed by atoms with Crippen molar-refractivity contribution < 1.29 is 18.7 Å². The Kier molecular flexibility index (Phi) is 8.78. The first-order valence-electron chi connectivity index (χ1n) is 15.9. The van der Waals surface area contributed by atoms with Crippen LogP contribution in [0.15, 0.2) is 65.4 Å². The number of anilines is 3. The van der Waals surface area contributed by atoms with Crippen molar-refractivity contribution in [2.24, 2.45) is 4.99 Å². The molecule has 1 N–H and O–H groups in total. The third-order valence-electron chi connectivity index (χ3n) is 9.07. The number of benzene rings is 2. The summed E-state index contributed by atoms with van der Waals surface area (Å²) in [5, 5.41) is 13.1. The van der Waals surface area contributed by atoms with E-state index in [2.05, 4.69) is 53.3 Å².